The first kappa shape index (κ1) is 16.2. The molecule has 23 heavy (non-hydrogen) atoms. The average molecular weight is 327 g/mol. The van der Waals surface area contributed by atoms with Gasteiger partial charge >= 0.3 is 0 Å². The van der Waals surface area contributed by atoms with E-state index in [1.54, 1.807) is 0 Å². The molecule has 1 aromatic heterocycles. The molecular weight excluding hydrogens is 304 g/mol. The number of hydrogen-bond donors (Lipinski definition) is 0. The maximum Gasteiger partial charge on any atom is 0.159 e. The van der Waals surface area contributed by atoms with Crippen molar-refractivity contribution in [1.29, 1.82) is 0 Å². The molecule has 0 N–H and O–H groups in total. The van der Waals surface area contributed by atoms with Gasteiger partial charge in [0, 0.05) is 23.0 Å². The molecule has 1 heterocycles. The molecule has 3 rings (SSSR count). The smallest absolute Gasteiger partial charge is 0.159 e. The van der Waals surface area contributed by atoms with Gasteiger partial charge in [-0.3, -0.25) is 0 Å². The Morgan fingerprint density at radius 3 is 2.30 bits per heavy atom. The molecule has 0 unspecified atom stereocenters. The highest BCUT2D eigenvalue weighted by atomic mass is 35.5. The minimum absolute atomic E-state index is 0.612. The van der Waals surface area contributed by atoms with E-state index in [1.807, 2.05) is 36.7 Å². The van der Waals surface area contributed by atoms with Crippen molar-refractivity contribution >= 4 is 11.6 Å². The lowest BCUT2D eigenvalue weighted by Crippen LogP contribution is -2.12. The number of halogens is 1. The van der Waals surface area contributed by atoms with Crippen molar-refractivity contribution in [3.8, 4) is 11.4 Å². The van der Waals surface area contributed by atoms with Crippen LogP contribution in [-0.4, -0.2) is 9.97 Å². The average Bonchev–Trinajstić information content (AvgIpc) is 2.61. The third-order valence-corrected chi connectivity index (χ3v) is 4.91. The van der Waals surface area contributed by atoms with Gasteiger partial charge in [0.05, 0.1) is 0 Å². The van der Waals surface area contributed by atoms with Crippen LogP contribution in [0, 0.1) is 5.92 Å². The normalized spacial score (nSPS) is 21.7. The van der Waals surface area contributed by atoms with E-state index in [1.165, 1.54) is 31.2 Å². The molecule has 0 bridgehead atoms. The van der Waals surface area contributed by atoms with E-state index in [2.05, 4.69) is 29.0 Å². The highest BCUT2D eigenvalue weighted by Gasteiger charge is 2.21. The number of benzene rings is 1. The molecule has 0 saturated heterocycles. The minimum Gasteiger partial charge on any atom is -0.236 e. The summed E-state index contributed by atoms with van der Waals surface area (Å²) in [5, 5.41) is 0.735. The molecule has 2 aromatic rings. The second-order valence-electron chi connectivity index (χ2n) is 6.30. The summed E-state index contributed by atoms with van der Waals surface area (Å²) in [5.74, 6) is 2.14. The third-order valence-electron chi connectivity index (χ3n) is 4.66. The first-order valence-corrected chi connectivity index (χ1v) is 8.88. The van der Waals surface area contributed by atoms with Crippen molar-refractivity contribution in [2.45, 2.75) is 44.9 Å². The second-order valence-corrected chi connectivity index (χ2v) is 6.73. The van der Waals surface area contributed by atoms with Crippen molar-refractivity contribution in [1.82, 2.24) is 9.97 Å². The maximum absolute atomic E-state index is 5.92. The number of nitrogens with zero attached hydrogens (tertiary/aromatic N) is 2. The summed E-state index contributed by atoms with van der Waals surface area (Å²) in [4.78, 5) is 9.11. The van der Waals surface area contributed by atoms with Crippen molar-refractivity contribution in [2.75, 3.05) is 0 Å². The summed E-state index contributed by atoms with van der Waals surface area (Å²) in [6.45, 7) is 2.20. The Bertz CT molecular complexity index is 638. The fraction of sp³-hybridized carbons (Fsp3) is 0.400. The van der Waals surface area contributed by atoms with Crippen LogP contribution in [0.4, 0.5) is 0 Å². The molecule has 1 fully saturated rings. The number of hydrogen-bond acceptors (Lipinski definition) is 2. The largest absolute Gasteiger partial charge is 0.236 e. The van der Waals surface area contributed by atoms with E-state index in [4.69, 9.17) is 11.6 Å². The van der Waals surface area contributed by atoms with Crippen LogP contribution in [-0.2, 0) is 0 Å². The van der Waals surface area contributed by atoms with Crippen LogP contribution >= 0.6 is 11.6 Å². The molecule has 2 nitrogen and oxygen atoms in total. The van der Waals surface area contributed by atoms with Crippen LogP contribution in [0.2, 0.25) is 5.02 Å². The first-order chi connectivity index (χ1) is 11.3. The van der Waals surface area contributed by atoms with Crippen molar-refractivity contribution in [2.24, 2.45) is 5.92 Å². The second kappa shape index (κ2) is 7.74. The maximum atomic E-state index is 5.92. The van der Waals surface area contributed by atoms with E-state index in [9.17, 15) is 0 Å². The van der Waals surface area contributed by atoms with Gasteiger partial charge in [-0.25, -0.2) is 9.97 Å². The van der Waals surface area contributed by atoms with Gasteiger partial charge in [0.1, 0.15) is 0 Å². The van der Waals surface area contributed by atoms with Crippen LogP contribution < -0.4 is 0 Å². The van der Waals surface area contributed by atoms with E-state index in [-0.39, 0.29) is 0 Å². The predicted octanol–water partition coefficient (Wildman–Crippen LogP) is 6.04. The zero-order chi connectivity index (χ0) is 16.1. The van der Waals surface area contributed by atoms with Gasteiger partial charge in [-0.2, -0.15) is 0 Å². The molecule has 1 aliphatic carbocycles. The van der Waals surface area contributed by atoms with Crippen molar-refractivity contribution in [3.63, 3.8) is 0 Å². The highest BCUT2D eigenvalue weighted by molar-refractivity contribution is 6.30. The molecule has 1 aromatic carbocycles. The summed E-state index contributed by atoms with van der Waals surface area (Å²) in [5.41, 5.74) is 2.29. The summed E-state index contributed by atoms with van der Waals surface area (Å²) in [6, 6.07) is 7.67. The Morgan fingerprint density at radius 1 is 1.04 bits per heavy atom. The quantitative estimate of drug-likeness (QED) is 0.640. The lowest BCUT2D eigenvalue weighted by atomic mass is 9.79. The SMILES string of the molecule is CC/C=C/C1CCC(c2cnc(-c3ccc(Cl)cc3)nc2)CC1. The zero-order valence-corrected chi connectivity index (χ0v) is 14.3. The summed E-state index contributed by atoms with van der Waals surface area (Å²) >= 11 is 5.92. The molecule has 1 saturated carbocycles. The van der Waals surface area contributed by atoms with Crippen LogP contribution in [0.3, 0.4) is 0 Å². The lowest BCUT2D eigenvalue weighted by Gasteiger charge is -2.26. The Hall–Kier alpha value is -1.67. The Balaban J connectivity index is 1.64. The zero-order valence-electron chi connectivity index (χ0n) is 13.6. The number of allylic oxidation sites excluding steroid dienone is 2. The third kappa shape index (κ3) is 4.20. The fourth-order valence-electron chi connectivity index (χ4n) is 3.27. The fourth-order valence-corrected chi connectivity index (χ4v) is 3.40. The molecule has 0 amide bonds. The van der Waals surface area contributed by atoms with Gasteiger partial charge in [-0.05, 0) is 73.8 Å². The highest BCUT2D eigenvalue weighted by Crippen LogP contribution is 2.36. The first-order valence-electron chi connectivity index (χ1n) is 8.51. The van der Waals surface area contributed by atoms with Gasteiger partial charge in [-0.15, -0.1) is 0 Å². The monoisotopic (exact) mass is 326 g/mol. The van der Waals surface area contributed by atoms with Crippen LogP contribution in [0.25, 0.3) is 11.4 Å². The van der Waals surface area contributed by atoms with E-state index in [0.29, 0.717) is 5.92 Å². The molecule has 120 valence electrons. The Kier molecular flexibility index (Phi) is 5.45. The summed E-state index contributed by atoms with van der Waals surface area (Å²) in [7, 11) is 0. The Labute approximate surface area is 143 Å². The van der Waals surface area contributed by atoms with Gasteiger partial charge < -0.3 is 0 Å². The standard InChI is InChI=1S/C20H23ClN2/c1-2-3-4-15-5-7-16(8-6-15)18-13-22-20(23-14-18)17-9-11-19(21)12-10-17/h3-4,9-16H,2,5-8H2,1H3/b4-3+. The van der Waals surface area contributed by atoms with E-state index < -0.39 is 0 Å². The van der Waals surface area contributed by atoms with Crippen molar-refractivity contribution in [3.05, 3.63) is 59.4 Å². The summed E-state index contributed by atoms with van der Waals surface area (Å²) < 4.78 is 0. The van der Waals surface area contributed by atoms with Crippen LogP contribution in [0.5, 0.6) is 0 Å². The van der Waals surface area contributed by atoms with Crippen molar-refractivity contribution < 1.29 is 0 Å². The van der Waals surface area contributed by atoms with E-state index >= 15 is 0 Å². The number of aromatic nitrogens is 2. The predicted molar refractivity (Wildman–Crippen MR) is 96.6 cm³/mol. The molecule has 0 radical (unpaired) electrons. The molecule has 0 spiro atoms. The Morgan fingerprint density at radius 2 is 1.70 bits per heavy atom. The topological polar surface area (TPSA) is 25.8 Å². The number of rotatable bonds is 4. The lowest BCUT2D eigenvalue weighted by molar-refractivity contribution is 0.374. The molecule has 1 aliphatic rings. The molecular formula is C20H23ClN2. The molecule has 3 heteroatoms. The summed E-state index contributed by atoms with van der Waals surface area (Å²) in [6.07, 6.45) is 14.9. The molecule has 0 atom stereocenters. The molecule has 0 aliphatic heterocycles. The minimum atomic E-state index is 0.612. The van der Waals surface area contributed by atoms with Gasteiger partial charge in [0.2, 0.25) is 0 Å². The van der Waals surface area contributed by atoms with E-state index in [0.717, 1.165) is 28.7 Å². The van der Waals surface area contributed by atoms with Gasteiger partial charge in [0.25, 0.3) is 0 Å². The van der Waals surface area contributed by atoms with Gasteiger partial charge in [0.15, 0.2) is 5.82 Å². The van der Waals surface area contributed by atoms with Gasteiger partial charge in [-0.1, -0.05) is 30.7 Å². The van der Waals surface area contributed by atoms with Crippen LogP contribution in [0.15, 0.2) is 48.8 Å². The van der Waals surface area contributed by atoms with Crippen LogP contribution in [0.1, 0.15) is 50.5 Å².